The molecule has 0 saturated heterocycles. The third kappa shape index (κ3) is 5.42. The van der Waals surface area contributed by atoms with Crippen LogP contribution in [0.5, 0.6) is 0 Å². The van der Waals surface area contributed by atoms with E-state index in [4.69, 9.17) is 0 Å². The lowest BCUT2D eigenvalue weighted by molar-refractivity contribution is -0.138. The van der Waals surface area contributed by atoms with Gasteiger partial charge in [-0.1, -0.05) is 18.2 Å². The van der Waals surface area contributed by atoms with Crippen LogP contribution in [0, 0.1) is 0 Å². The van der Waals surface area contributed by atoms with E-state index < -0.39 is 30.8 Å². The number of halogens is 5. The van der Waals surface area contributed by atoms with Gasteiger partial charge < -0.3 is 10.1 Å². The van der Waals surface area contributed by atoms with E-state index in [1.54, 1.807) is 6.92 Å². The number of ether oxygens (including phenoxy) is 1. The standard InChI is InChI=1S/C13H16F5NO/c1-9(19-6-7-20-8-12(14)15)10-4-2-3-5-11(10)13(16,17)18/h2-5,9,12,19H,6-8H2,1H3. The van der Waals surface area contributed by atoms with Gasteiger partial charge >= 0.3 is 6.18 Å². The molecule has 0 aliphatic rings. The van der Waals surface area contributed by atoms with Crippen molar-refractivity contribution in [2.45, 2.75) is 25.6 Å². The van der Waals surface area contributed by atoms with Crippen LogP contribution in [0.2, 0.25) is 0 Å². The lowest BCUT2D eigenvalue weighted by Gasteiger charge is -2.19. The fourth-order valence-electron chi connectivity index (χ4n) is 1.76. The minimum Gasteiger partial charge on any atom is -0.374 e. The van der Waals surface area contributed by atoms with Crippen molar-refractivity contribution in [1.82, 2.24) is 5.32 Å². The van der Waals surface area contributed by atoms with Crippen LogP contribution < -0.4 is 5.32 Å². The molecule has 0 aliphatic carbocycles. The highest BCUT2D eigenvalue weighted by Crippen LogP contribution is 2.34. The Hall–Kier alpha value is -1.21. The van der Waals surface area contributed by atoms with E-state index in [9.17, 15) is 22.0 Å². The molecule has 1 atom stereocenters. The zero-order chi connectivity index (χ0) is 15.2. The summed E-state index contributed by atoms with van der Waals surface area (Å²) in [5.41, 5.74) is -0.581. The molecule has 0 aliphatic heterocycles. The predicted octanol–water partition coefficient (Wildman–Crippen LogP) is 3.64. The summed E-state index contributed by atoms with van der Waals surface area (Å²) in [6.45, 7) is 1.12. The maximum Gasteiger partial charge on any atom is 0.416 e. The molecule has 1 aromatic carbocycles. The van der Waals surface area contributed by atoms with Gasteiger partial charge in [0.2, 0.25) is 0 Å². The van der Waals surface area contributed by atoms with Crippen molar-refractivity contribution in [2.24, 2.45) is 0 Å². The highest BCUT2D eigenvalue weighted by atomic mass is 19.4. The van der Waals surface area contributed by atoms with E-state index in [0.717, 1.165) is 6.07 Å². The highest BCUT2D eigenvalue weighted by molar-refractivity contribution is 5.31. The normalized spacial score (nSPS) is 13.8. The maximum absolute atomic E-state index is 12.8. The number of nitrogens with one attached hydrogen (secondary N) is 1. The van der Waals surface area contributed by atoms with Gasteiger partial charge in [0.15, 0.2) is 0 Å². The first-order valence-corrected chi connectivity index (χ1v) is 6.07. The molecule has 0 radical (unpaired) electrons. The van der Waals surface area contributed by atoms with Gasteiger partial charge in [-0.2, -0.15) is 13.2 Å². The average molecular weight is 297 g/mol. The molecule has 0 fully saturated rings. The number of hydrogen-bond acceptors (Lipinski definition) is 2. The van der Waals surface area contributed by atoms with E-state index in [1.165, 1.54) is 18.2 Å². The second-order valence-electron chi connectivity index (χ2n) is 4.23. The number of hydrogen-bond donors (Lipinski definition) is 1. The van der Waals surface area contributed by atoms with Crippen LogP contribution in [-0.4, -0.2) is 26.2 Å². The molecule has 0 aromatic heterocycles. The summed E-state index contributed by atoms with van der Waals surface area (Å²) >= 11 is 0. The van der Waals surface area contributed by atoms with E-state index >= 15 is 0 Å². The van der Waals surface area contributed by atoms with Gasteiger partial charge in [0.05, 0.1) is 12.2 Å². The van der Waals surface area contributed by atoms with Crippen LogP contribution in [0.3, 0.4) is 0 Å². The highest BCUT2D eigenvalue weighted by Gasteiger charge is 2.33. The molecular weight excluding hydrogens is 281 g/mol. The van der Waals surface area contributed by atoms with Crippen molar-refractivity contribution in [3.05, 3.63) is 35.4 Å². The lowest BCUT2D eigenvalue weighted by Crippen LogP contribution is -2.26. The van der Waals surface area contributed by atoms with Crippen molar-refractivity contribution >= 4 is 0 Å². The summed E-state index contributed by atoms with van der Waals surface area (Å²) in [6.07, 6.45) is -6.96. The predicted molar refractivity (Wildman–Crippen MR) is 64.7 cm³/mol. The van der Waals surface area contributed by atoms with Crippen molar-refractivity contribution < 1.29 is 26.7 Å². The molecule has 0 saturated carbocycles. The Morgan fingerprint density at radius 2 is 1.85 bits per heavy atom. The second kappa shape index (κ2) is 7.54. The molecule has 1 N–H and O–H groups in total. The number of benzene rings is 1. The molecule has 0 amide bonds. The topological polar surface area (TPSA) is 21.3 Å². The third-order valence-corrected chi connectivity index (χ3v) is 2.67. The Bertz CT molecular complexity index is 408. The van der Waals surface area contributed by atoms with Crippen molar-refractivity contribution in [3.63, 3.8) is 0 Å². The molecule has 1 aromatic rings. The Morgan fingerprint density at radius 3 is 2.45 bits per heavy atom. The van der Waals surface area contributed by atoms with Crippen LogP contribution in [0.25, 0.3) is 0 Å². The van der Waals surface area contributed by atoms with Gasteiger partial charge in [-0.05, 0) is 18.6 Å². The van der Waals surface area contributed by atoms with Crippen LogP contribution in [-0.2, 0) is 10.9 Å². The first-order valence-electron chi connectivity index (χ1n) is 6.07. The summed E-state index contributed by atoms with van der Waals surface area (Å²) in [5, 5.41) is 2.82. The van der Waals surface area contributed by atoms with Gasteiger partial charge in [0.25, 0.3) is 6.43 Å². The first kappa shape index (κ1) is 16.8. The fraction of sp³-hybridized carbons (Fsp3) is 0.538. The van der Waals surface area contributed by atoms with Crippen molar-refractivity contribution in [3.8, 4) is 0 Å². The molecule has 0 heterocycles. The molecule has 20 heavy (non-hydrogen) atoms. The largest absolute Gasteiger partial charge is 0.416 e. The summed E-state index contributed by atoms with van der Waals surface area (Å²) in [4.78, 5) is 0. The van der Waals surface area contributed by atoms with Crippen molar-refractivity contribution in [1.29, 1.82) is 0 Å². The van der Waals surface area contributed by atoms with Crippen LogP contribution >= 0.6 is 0 Å². The molecule has 0 spiro atoms. The zero-order valence-electron chi connectivity index (χ0n) is 10.9. The van der Waals surface area contributed by atoms with E-state index in [0.29, 0.717) is 0 Å². The minimum atomic E-state index is -4.42. The van der Waals surface area contributed by atoms with Crippen LogP contribution in [0.15, 0.2) is 24.3 Å². The summed E-state index contributed by atoms with van der Waals surface area (Å²) in [7, 11) is 0. The molecule has 2 nitrogen and oxygen atoms in total. The Kier molecular flexibility index (Phi) is 6.35. The molecular formula is C13H16F5NO. The first-order chi connectivity index (χ1) is 9.32. The molecule has 1 unspecified atom stereocenters. The van der Waals surface area contributed by atoms with E-state index in [-0.39, 0.29) is 18.7 Å². The second-order valence-corrected chi connectivity index (χ2v) is 4.23. The van der Waals surface area contributed by atoms with E-state index in [2.05, 4.69) is 10.1 Å². The summed E-state index contributed by atoms with van der Waals surface area (Å²) in [6, 6.07) is 4.70. The molecule has 114 valence electrons. The van der Waals surface area contributed by atoms with Crippen molar-refractivity contribution in [2.75, 3.05) is 19.8 Å². The van der Waals surface area contributed by atoms with Crippen LogP contribution in [0.4, 0.5) is 22.0 Å². The third-order valence-electron chi connectivity index (χ3n) is 2.67. The SMILES string of the molecule is CC(NCCOCC(F)F)c1ccccc1C(F)(F)F. The van der Waals surface area contributed by atoms with E-state index in [1.807, 2.05) is 0 Å². The summed E-state index contributed by atoms with van der Waals surface area (Å²) in [5.74, 6) is 0. The van der Waals surface area contributed by atoms with Gasteiger partial charge in [-0.15, -0.1) is 0 Å². The van der Waals surface area contributed by atoms with Gasteiger partial charge in [-0.25, -0.2) is 8.78 Å². The summed E-state index contributed by atoms with van der Waals surface area (Å²) < 4.78 is 66.7. The molecule has 7 heteroatoms. The minimum absolute atomic E-state index is 0.0167. The monoisotopic (exact) mass is 297 g/mol. The number of rotatable bonds is 7. The smallest absolute Gasteiger partial charge is 0.374 e. The Labute approximate surface area is 113 Å². The van der Waals surface area contributed by atoms with Gasteiger partial charge in [-0.3, -0.25) is 0 Å². The van der Waals surface area contributed by atoms with Gasteiger partial charge in [0.1, 0.15) is 6.61 Å². The zero-order valence-corrected chi connectivity index (χ0v) is 10.9. The average Bonchev–Trinajstić information content (AvgIpc) is 2.36. The van der Waals surface area contributed by atoms with Crippen LogP contribution in [0.1, 0.15) is 24.1 Å². The molecule has 0 bridgehead atoms. The number of alkyl halides is 5. The Balaban J connectivity index is 2.53. The lowest BCUT2D eigenvalue weighted by atomic mass is 10.0. The van der Waals surface area contributed by atoms with Gasteiger partial charge in [0, 0.05) is 12.6 Å². The maximum atomic E-state index is 12.8. The quantitative estimate of drug-likeness (QED) is 0.613. The Morgan fingerprint density at radius 1 is 1.20 bits per heavy atom. The molecule has 1 rings (SSSR count). The fourth-order valence-corrected chi connectivity index (χ4v) is 1.76.